The molecule has 0 nitrogen and oxygen atoms in total. The lowest BCUT2D eigenvalue weighted by atomic mass is 9.92. The molecule has 0 saturated carbocycles. The fraction of sp³-hybridized carbons (Fsp3) is 1.00. The van der Waals surface area contributed by atoms with Gasteiger partial charge < -0.3 is 0 Å². The van der Waals surface area contributed by atoms with Gasteiger partial charge >= 0.3 is 12.4 Å². The molecule has 0 heterocycles. The van der Waals surface area contributed by atoms with Crippen molar-refractivity contribution in [2.75, 3.05) is 13.9 Å². The van der Waals surface area contributed by atoms with Crippen LogP contribution in [0.4, 0.5) is 35.1 Å². The van der Waals surface area contributed by atoms with Gasteiger partial charge in [-0.05, 0) is 20.8 Å². The monoisotopic (exact) mass is 350 g/mol. The molecular formula is C14H30F8. The molecule has 0 aromatic rings. The Kier molecular flexibility index (Phi) is 27.9. The summed E-state index contributed by atoms with van der Waals surface area (Å²) >= 11 is 0. The molecule has 142 valence electrons. The highest BCUT2D eigenvalue weighted by atomic mass is 19.4. The van der Waals surface area contributed by atoms with E-state index < -0.39 is 17.8 Å². The molecule has 0 atom stereocenters. The van der Waals surface area contributed by atoms with Gasteiger partial charge in [-0.3, -0.25) is 8.78 Å². The van der Waals surface area contributed by atoms with Crippen LogP contribution in [0.15, 0.2) is 0 Å². The molecule has 0 aliphatic rings. The van der Waals surface area contributed by atoms with Crippen LogP contribution in [-0.4, -0.2) is 26.2 Å². The quantitative estimate of drug-likeness (QED) is 0.396. The second kappa shape index (κ2) is 18.5. The van der Waals surface area contributed by atoms with E-state index in [4.69, 9.17) is 0 Å². The molecule has 0 saturated heterocycles. The van der Waals surface area contributed by atoms with Gasteiger partial charge in [0.15, 0.2) is 5.41 Å². The Bertz CT molecular complexity index is 162. The summed E-state index contributed by atoms with van der Waals surface area (Å²) in [5, 5.41) is 0. The first-order valence-electron chi connectivity index (χ1n) is 6.81. The Labute approximate surface area is 129 Å². The predicted molar refractivity (Wildman–Crippen MR) is 76.5 cm³/mol. The fourth-order valence-electron chi connectivity index (χ4n) is 0.161. The smallest absolute Gasteiger partial charge is 0.255 e. The normalized spacial score (nSPS) is 10.4. The highest BCUT2D eigenvalue weighted by Gasteiger charge is 2.64. The lowest BCUT2D eigenvalue weighted by Crippen LogP contribution is -2.44. The first-order valence-corrected chi connectivity index (χ1v) is 6.81. The van der Waals surface area contributed by atoms with E-state index >= 15 is 0 Å². The van der Waals surface area contributed by atoms with E-state index in [2.05, 4.69) is 27.7 Å². The topological polar surface area (TPSA) is 0 Å². The number of rotatable bonds is 0. The lowest BCUT2D eigenvalue weighted by Gasteiger charge is -2.29. The zero-order valence-corrected chi connectivity index (χ0v) is 14.6. The van der Waals surface area contributed by atoms with Crippen LogP contribution in [-0.2, 0) is 0 Å². The van der Waals surface area contributed by atoms with Crippen LogP contribution in [0, 0.1) is 5.41 Å². The molecule has 22 heavy (non-hydrogen) atoms. The van der Waals surface area contributed by atoms with Crippen molar-refractivity contribution in [2.45, 2.75) is 73.7 Å². The van der Waals surface area contributed by atoms with Crippen molar-refractivity contribution in [2.24, 2.45) is 5.41 Å². The molecule has 0 aliphatic heterocycles. The molecule has 0 aromatic heterocycles. The van der Waals surface area contributed by atoms with Gasteiger partial charge in [-0.2, -0.15) is 26.3 Å². The van der Waals surface area contributed by atoms with Crippen molar-refractivity contribution in [3.05, 3.63) is 0 Å². The maximum atomic E-state index is 11.6. The standard InChI is InChI=1S/C5H6F6.2C3H8.C2H5F.CH3F/c1-3(2,4(6,7)8)5(9,10)11;2*1-3-2;1-2-3;1-2/h1-2H3;2*3H2,1-2H3;2H2,1H3;1H3. The van der Waals surface area contributed by atoms with Gasteiger partial charge in [-0.15, -0.1) is 0 Å². The highest BCUT2D eigenvalue weighted by Crippen LogP contribution is 2.49. The van der Waals surface area contributed by atoms with Gasteiger partial charge in [0.25, 0.3) is 0 Å². The summed E-state index contributed by atoms with van der Waals surface area (Å²) in [6.45, 7) is 9.92. The number of halogens is 8. The summed E-state index contributed by atoms with van der Waals surface area (Å²) in [4.78, 5) is 0. The SMILES string of the molecule is CC(C)(C(F)(F)F)C(F)(F)F.CCC.CCC.CCF.CF. The van der Waals surface area contributed by atoms with E-state index in [9.17, 15) is 35.1 Å². The zero-order valence-electron chi connectivity index (χ0n) is 14.6. The molecule has 0 radical (unpaired) electrons. The Hall–Kier alpha value is -0.560. The molecule has 8 heteroatoms. The van der Waals surface area contributed by atoms with Crippen LogP contribution in [0.5, 0.6) is 0 Å². The van der Waals surface area contributed by atoms with Crippen molar-refractivity contribution in [1.82, 2.24) is 0 Å². The van der Waals surface area contributed by atoms with Gasteiger partial charge in [0, 0.05) is 0 Å². The van der Waals surface area contributed by atoms with Crippen molar-refractivity contribution >= 4 is 0 Å². The van der Waals surface area contributed by atoms with Crippen LogP contribution < -0.4 is 0 Å². The Morgan fingerprint density at radius 3 is 0.682 bits per heavy atom. The third kappa shape index (κ3) is 21.7. The van der Waals surface area contributed by atoms with Crippen molar-refractivity contribution in [1.29, 1.82) is 0 Å². The van der Waals surface area contributed by atoms with Gasteiger partial charge in [0.2, 0.25) is 0 Å². The largest absolute Gasteiger partial charge is 0.402 e. The van der Waals surface area contributed by atoms with E-state index in [1.165, 1.54) is 19.8 Å². The van der Waals surface area contributed by atoms with Gasteiger partial charge in [-0.1, -0.05) is 40.5 Å². The minimum absolute atomic E-state index is 0.104. The van der Waals surface area contributed by atoms with E-state index in [0.29, 0.717) is 7.18 Å². The lowest BCUT2D eigenvalue weighted by molar-refractivity contribution is -0.327. The summed E-state index contributed by atoms with van der Waals surface area (Å²) in [5.74, 6) is 0. The first kappa shape index (κ1) is 33.1. The molecule has 0 bridgehead atoms. The molecule has 0 aliphatic carbocycles. The van der Waals surface area contributed by atoms with E-state index in [-0.39, 0.29) is 20.5 Å². The second-order valence-electron chi connectivity index (χ2n) is 4.30. The molecule has 0 aromatic carbocycles. The van der Waals surface area contributed by atoms with Crippen molar-refractivity contribution in [3.8, 4) is 0 Å². The Morgan fingerprint density at radius 1 is 0.591 bits per heavy atom. The molecule has 0 amide bonds. The van der Waals surface area contributed by atoms with Gasteiger partial charge in [-0.25, -0.2) is 0 Å². The maximum Gasteiger partial charge on any atom is 0.402 e. The average Bonchev–Trinajstić information content (AvgIpc) is 2.31. The number of alkyl halides is 8. The second-order valence-corrected chi connectivity index (χ2v) is 4.30. The molecule has 0 fully saturated rings. The number of hydrogen-bond acceptors (Lipinski definition) is 0. The van der Waals surface area contributed by atoms with Gasteiger partial charge in [0.05, 0.1) is 13.9 Å². The Morgan fingerprint density at radius 2 is 0.682 bits per heavy atom. The molecule has 0 rings (SSSR count). The minimum atomic E-state index is -5.24. The highest BCUT2D eigenvalue weighted by molar-refractivity contribution is 4.84. The molecule has 0 unspecified atom stereocenters. The van der Waals surface area contributed by atoms with E-state index in [0.717, 1.165) is 0 Å². The van der Waals surface area contributed by atoms with Crippen LogP contribution >= 0.6 is 0 Å². The Balaban J connectivity index is -0.0000000722. The minimum Gasteiger partial charge on any atom is -0.255 e. The van der Waals surface area contributed by atoms with Crippen molar-refractivity contribution < 1.29 is 35.1 Å². The maximum absolute atomic E-state index is 11.6. The third-order valence-corrected chi connectivity index (χ3v) is 1.42. The van der Waals surface area contributed by atoms with Gasteiger partial charge in [0.1, 0.15) is 0 Å². The zero-order chi connectivity index (χ0) is 19.6. The van der Waals surface area contributed by atoms with E-state index in [1.807, 2.05) is 0 Å². The summed E-state index contributed by atoms with van der Waals surface area (Å²) in [6, 6.07) is 0. The molecule has 0 spiro atoms. The average molecular weight is 350 g/mol. The summed E-state index contributed by atoms with van der Waals surface area (Å²) in [6.07, 6.45) is -7.99. The van der Waals surface area contributed by atoms with Crippen molar-refractivity contribution in [3.63, 3.8) is 0 Å². The molecule has 0 N–H and O–H groups in total. The van der Waals surface area contributed by atoms with Crippen LogP contribution in [0.25, 0.3) is 0 Å². The summed E-state index contributed by atoms with van der Waals surface area (Å²) in [7, 11) is 0.500. The predicted octanol–water partition coefficient (Wildman–Crippen LogP) is 7.53. The first-order chi connectivity index (χ1) is 9.74. The number of hydrogen-bond donors (Lipinski definition) is 0. The van der Waals surface area contributed by atoms with Crippen LogP contribution in [0.1, 0.15) is 61.3 Å². The summed E-state index contributed by atoms with van der Waals surface area (Å²) in [5.41, 5.74) is -3.62. The summed E-state index contributed by atoms with van der Waals surface area (Å²) < 4.78 is 89.4. The van der Waals surface area contributed by atoms with E-state index in [1.54, 1.807) is 0 Å². The molecular weight excluding hydrogens is 320 g/mol. The van der Waals surface area contributed by atoms with Crippen LogP contribution in [0.2, 0.25) is 0 Å². The van der Waals surface area contributed by atoms with Crippen LogP contribution in [0.3, 0.4) is 0 Å². The third-order valence-electron chi connectivity index (χ3n) is 1.42. The fourth-order valence-corrected chi connectivity index (χ4v) is 0.161.